The molecule has 0 unspecified atom stereocenters. The third kappa shape index (κ3) is 4.28. The molecule has 0 fully saturated rings. The Kier molecular flexibility index (Phi) is 5.82. The molecule has 170 valence electrons. The maximum Gasteiger partial charge on any atom is 0.158 e. The van der Waals surface area contributed by atoms with E-state index in [2.05, 4.69) is 5.32 Å². The summed E-state index contributed by atoms with van der Waals surface area (Å²) < 4.78 is 26.4. The Morgan fingerprint density at radius 2 is 1.65 bits per heavy atom. The molecule has 0 aliphatic heterocycles. The summed E-state index contributed by atoms with van der Waals surface area (Å²) in [6.45, 7) is 0.496. The summed E-state index contributed by atoms with van der Waals surface area (Å²) in [5, 5.41) is 8.18. The molecule has 34 heavy (non-hydrogen) atoms. The Bertz CT molecular complexity index is 1450. The molecule has 0 aliphatic rings. The van der Waals surface area contributed by atoms with E-state index in [9.17, 15) is 4.39 Å². The Morgan fingerprint density at radius 1 is 0.824 bits per heavy atom. The van der Waals surface area contributed by atoms with Crippen LogP contribution in [0.2, 0.25) is 0 Å². The van der Waals surface area contributed by atoms with Crippen LogP contribution in [-0.2, 0) is 6.54 Å². The first-order valence-corrected chi connectivity index (χ1v) is 10.8. The van der Waals surface area contributed by atoms with Gasteiger partial charge in [0.2, 0.25) is 0 Å². The van der Waals surface area contributed by atoms with Gasteiger partial charge in [-0.3, -0.25) is 0 Å². The van der Waals surface area contributed by atoms with E-state index < -0.39 is 0 Å². The first-order valence-electron chi connectivity index (χ1n) is 10.8. The number of nitrogens with zero attached hydrogens (tertiary/aromatic N) is 3. The number of anilines is 1. The minimum Gasteiger partial charge on any atom is -0.497 e. The Balaban J connectivity index is 1.57. The van der Waals surface area contributed by atoms with Crippen molar-refractivity contribution in [3.8, 4) is 34.0 Å². The molecule has 5 aromatic rings. The van der Waals surface area contributed by atoms with E-state index in [0.717, 1.165) is 34.1 Å². The lowest BCUT2D eigenvalue weighted by Gasteiger charge is -2.14. The molecule has 5 rings (SSSR count). The van der Waals surface area contributed by atoms with Gasteiger partial charge in [-0.05, 0) is 24.3 Å². The number of rotatable bonds is 7. The van der Waals surface area contributed by atoms with Crippen LogP contribution in [0.25, 0.3) is 28.2 Å². The van der Waals surface area contributed by atoms with Gasteiger partial charge in [-0.25, -0.2) is 9.37 Å². The Labute approximate surface area is 196 Å². The first kappa shape index (κ1) is 21.5. The summed E-state index contributed by atoms with van der Waals surface area (Å²) in [6.07, 6.45) is 0. The summed E-state index contributed by atoms with van der Waals surface area (Å²) in [7, 11) is 3.26. The van der Waals surface area contributed by atoms with Gasteiger partial charge in [0.25, 0.3) is 0 Å². The van der Waals surface area contributed by atoms with Crippen LogP contribution in [0.4, 0.5) is 10.2 Å². The highest BCUT2D eigenvalue weighted by molar-refractivity contribution is 5.70. The average Bonchev–Trinajstić information content (AvgIpc) is 3.32. The molecule has 1 N–H and O–H groups in total. The lowest BCUT2D eigenvalue weighted by atomic mass is 10.1. The molecule has 0 radical (unpaired) electrons. The number of benzene rings is 3. The maximum absolute atomic E-state index is 13.8. The smallest absolute Gasteiger partial charge is 0.158 e. The van der Waals surface area contributed by atoms with Crippen molar-refractivity contribution in [2.75, 3.05) is 19.5 Å². The van der Waals surface area contributed by atoms with Crippen LogP contribution < -0.4 is 14.8 Å². The molecular formula is C27H23FN4O2. The largest absolute Gasteiger partial charge is 0.497 e. The van der Waals surface area contributed by atoms with E-state index in [1.54, 1.807) is 24.8 Å². The van der Waals surface area contributed by atoms with Crippen molar-refractivity contribution in [1.82, 2.24) is 14.6 Å². The number of ether oxygens (including phenoxy) is 2. The highest BCUT2D eigenvalue weighted by atomic mass is 19.1. The molecule has 0 saturated heterocycles. The number of aromatic nitrogens is 3. The van der Waals surface area contributed by atoms with E-state index in [0.29, 0.717) is 23.4 Å². The van der Waals surface area contributed by atoms with Gasteiger partial charge in [0.05, 0.1) is 25.6 Å². The second kappa shape index (κ2) is 9.23. The zero-order valence-corrected chi connectivity index (χ0v) is 18.8. The van der Waals surface area contributed by atoms with Crippen molar-refractivity contribution in [1.29, 1.82) is 0 Å². The topological polar surface area (TPSA) is 60.7 Å². The van der Waals surface area contributed by atoms with Crippen LogP contribution in [0.15, 0.2) is 84.9 Å². The second-order valence-electron chi connectivity index (χ2n) is 7.73. The third-order valence-corrected chi connectivity index (χ3v) is 5.57. The van der Waals surface area contributed by atoms with Crippen molar-refractivity contribution < 1.29 is 13.9 Å². The molecule has 0 amide bonds. The quantitative estimate of drug-likeness (QED) is 0.335. The summed E-state index contributed by atoms with van der Waals surface area (Å²) >= 11 is 0. The SMILES string of the molecule is COc1ccc(CNc2cc(-c3ccccc3)nc3cc(-c4cccc(F)c4)nn23)c(OC)c1. The normalized spacial score (nSPS) is 10.9. The molecule has 0 aliphatic carbocycles. The molecule has 7 heteroatoms. The highest BCUT2D eigenvalue weighted by Crippen LogP contribution is 2.28. The summed E-state index contributed by atoms with van der Waals surface area (Å²) in [6, 6.07) is 25.9. The average molecular weight is 455 g/mol. The molecule has 0 spiro atoms. The zero-order chi connectivity index (χ0) is 23.5. The molecule has 0 atom stereocenters. The number of fused-ring (bicyclic) bond motifs is 1. The standard InChI is InChI=1S/C27H23FN4O2/c1-33-22-12-11-20(25(14-22)34-2)17-29-26-15-23(18-7-4-3-5-8-18)30-27-16-24(31-32(26)27)19-9-6-10-21(28)13-19/h3-16,29H,17H2,1-2H3. The second-order valence-corrected chi connectivity index (χ2v) is 7.73. The summed E-state index contributed by atoms with van der Waals surface area (Å²) in [4.78, 5) is 4.81. The minimum atomic E-state index is -0.308. The van der Waals surface area contributed by atoms with Gasteiger partial charge in [-0.15, -0.1) is 0 Å². The van der Waals surface area contributed by atoms with Crippen LogP contribution in [0.3, 0.4) is 0 Å². The number of nitrogens with one attached hydrogen (secondary N) is 1. The van der Waals surface area contributed by atoms with Gasteiger partial charge in [0, 0.05) is 41.4 Å². The van der Waals surface area contributed by atoms with E-state index in [-0.39, 0.29) is 5.82 Å². The highest BCUT2D eigenvalue weighted by Gasteiger charge is 2.14. The van der Waals surface area contributed by atoms with Crippen LogP contribution in [-0.4, -0.2) is 28.8 Å². The van der Waals surface area contributed by atoms with E-state index in [1.807, 2.05) is 66.7 Å². The van der Waals surface area contributed by atoms with Crippen molar-refractivity contribution in [2.45, 2.75) is 6.54 Å². The Morgan fingerprint density at radius 3 is 2.41 bits per heavy atom. The zero-order valence-electron chi connectivity index (χ0n) is 18.8. The van der Waals surface area contributed by atoms with Gasteiger partial charge in [-0.2, -0.15) is 9.61 Å². The van der Waals surface area contributed by atoms with Crippen LogP contribution in [0.5, 0.6) is 11.5 Å². The van der Waals surface area contributed by atoms with Crippen LogP contribution in [0.1, 0.15) is 5.56 Å². The predicted molar refractivity (Wildman–Crippen MR) is 131 cm³/mol. The van der Waals surface area contributed by atoms with Gasteiger partial charge < -0.3 is 14.8 Å². The van der Waals surface area contributed by atoms with Crippen molar-refractivity contribution in [3.05, 3.63) is 96.3 Å². The maximum atomic E-state index is 13.8. The molecule has 0 saturated carbocycles. The van der Waals surface area contributed by atoms with E-state index in [4.69, 9.17) is 19.6 Å². The Hall–Kier alpha value is -4.39. The van der Waals surface area contributed by atoms with Crippen molar-refractivity contribution in [3.63, 3.8) is 0 Å². The molecule has 3 aromatic carbocycles. The fourth-order valence-corrected chi connectivity index (χ4v) is 3.83. The monoisotopic (exact) mass is 454 g/mol. The number of methoxy groups -OCH3 is 2. The molecule has 0 bridgehead atoms. The van der Waals surface area contributed by atoms with Crippen molar-refractivity contribution >= 4 is 11.5 Å². The van der Waals surface area contributed by atoms with Gasteiger partial charge >= 0.3 is 0 Å². The van der Waals surface area contributed by atoms with Crippen molar-refractivity contribution in [2.24, 2.45) is 0 Å². The molecule has 6 nitrogen and oxygen atoms in total. The molecule has 2 aromatic heterocycles. The third-order valence-electron chi connectivity index (χ3n) is 5.57. The minimum absolute atomic E-state index is 0.308. The van der Waals surface area contributed by atoms with E-state index >= 15 is 0 Å². The van der Waals surface area contributed by atoms with E-state index in [1.165, 1.54) is 12.1 Å². The first-order chi connectivity index (χ1) is 16.6. The van der Waals surface area contributed by atoms with Gasteiger partial charge in [-0.1, -0.05) is 42.5 Å². The number of hydrogen-bond donors (Lipinski definition) is 1. The van der Waals surface area contributed by atoms with Crippen LogP contribution >= 0.6 is 0 Å². The fraction of sp³-hybridized carbons (Fsp3) is 0.111. The number of hydrogen-bond acceptors (Lipinski definition) is 5. The van der Waals surface area contributed by atoms with Crippen LogP contribution in [0, 0.1) is 5.82 Å². The van der Waals surface area contributed by atoms with Gasteiger partial charge in [0.15, 0.2) is 5.65 Å². The van der Waals surface area contributed by atoms with Gasteiger partial charge in [0.1, 0.15) is 23.1 Å². The predicted octanol–water partition coefficient (Wildman–Crippen LogP) is 5.83. The molecular weight excluding hydrogens is 431 g/mol. The summed E-state index contributed by atoms with van der Waals surface area (Å²) in [5.74, 6) is 1.90. The fourth-order valence-electron chi connectivity index (χ4n) is 3.83. The lowest BCUT2D eigenvalue weighted by molar-refractivity contribution is 0.391. The molecule has 2 heterocycles. The summed E-state index contributed by atoms with van der Waals surface area (Å²) in [5.41, 5.74) is 4.75. The lowest BCUT2D eigenvalue weighted by Crippen LogP contribution is -2.08. The number of halogens is 1.